The van der Waals surface area contributed by atoms with Crippen molar-refractivity contribution in [1.82, 2.24) is 0 Å². The second-order valence-corrected chi connectivity index (χ2v) is 13.4. The summed E-state index contributed by atoms with van der Waals surface area (Å²) in [5, 5.41) is 96.6. The largest absolute Gasteiger partial charge is 0.505 e. The molecule has 0 spiro atoms. The molecule has 0 aliphatic carbocycles. The summed E-state index contributed by atoms with van der Waals surface area (Å²) in [7, 11) is -10.4. The van der Waals surface area contributed by atoms with Gasteiger partial charge in [0.1, 0.15) is 39.1 Å². The fraction of sp³-hybridized carbons (Fsp3) is 0. The van der Waals surface area contributed by atoms with Crippen molar-refractivity contribution in [2.75, 3.05) is 0 Å². The van der Waals surface area contributed by atoms with Gasteiger partial charge in [-0.05, 0) is 35.7 Å². The number of azo groups is 3. The van der Waals surface area contributed by atoms with E-state index in [-0.39, 0.29) is 70.5 Å². The van der Waals surface area contributed by atoms with E-state index in [2.05, 4.69) is 30.7 Å². The van der Waals surface area contributed by atoms with Crippen LogP contribution in [0.1, 0.15) is 0 Å². The minimum atomic E-state index is -5.27. The first kappa shape index (κ1) is 45.8. The molecule has 0 atom stereocenters. The van der Waals surface area contributed by atoms with Crippen molar-refractivity contribution in [3.63, 3.8) is 0 Å². The first-order chi connectivity index (χ1) is 25.6. The molecule has 2 radical (unpaired) electrons. The summed E-state index contributed by atoms with van der Waals surface area (Å²) < 4.78 is 68.6. The van der Waals surface area contributed by atoms with Crippen LogP contribution in [0, 0.1) is 30.3 Å². The Morgan fingerprint density at radius 3 is 1.58 bits per heavy atom. The Morgan fingerprint density at radius 2 is 1.07 bits per heavy atom. The summed E-state index contributed by atoms with van der Waals surface area (Å²) in [5.41, 5.74) is -5.97. The molecular weight excluding hydrogens is 828 g/mol. The van der Waals surface area contributed by atoms with Crippen LogP contribution in [0.2, 0.25) is 0 Å². The molecule has 25 nitrogen and oxygen atoms in total. The maximum Gasteiger partial charge on any atom is 0.319 e. The van der Waals surface area contributed by atoms with Gasteiger partial charge in [0.2, 0.25) is 5.75 Å². The van der Waals surface area contributed by atoms with Gasteiger partial charge in [-0.3, -0.25) is 39.4 Å². The fourth-order valence-electron chi connectivity index (χ4n) is 4.55. The van der Waals surface area contributed by atoms with Crippen molar-refractivity contribution in [3.8, 4) is 23.0 Å². The first-order valence-electron chi connectivity index (χ1n) is 14.2. The second kappa shape index (κ2) is 17.7. The fourth-order valence-corrected chi connectivity index (χ4v) is 5.74. The maximum absolute atomic E-state index is 12.3. The van der Waals surface area contributed by atoms with E-state index in [0.717, 1.165) is 30.3 Å². The average Bonchev–Trinajstić information content (AvgIpc) is 3.09. The van der Waals surface area contributed by atoms with Crippen LogP contribution in [0.15, 0.2) is 107 Å². The van der Waals surface area contributed by atoms with E-state index in [9.17, 15) is 76.7 Å². The quantitative estimate of drug-likeness (QED) is 0.0276. The number of hydrogen-bond acceptors (Lipinski definition) is 20. The normalized spacial score (nSPS) is 11.8. The second-order valence-electron chi connectivity index (χ2n) is 10.6. The number of phenolic OH excluding ortho intramolecular Hbond substituents is 4. The average molecular weight is 846 g/mol. The van der Waals surface area contributed by atoms with Gasteiger partial charge in [-0.25, -0.2) is 0 Å². The Kier molecular flexibility index (Phi) is 14.2. The van der Waals surface area contributed by atoms with Crippen LogP contribution in [-0.2, 0) is 20.2 Å². The zero-order chi connectivity index (χ0) is 40.6. The van der Waals surface area contributed by atoms with Gasteiger partial charge in [0.05, 0.1) is 42.5 Å². The van der Waals surface area contributed by atoms with Crippen LogP contribution in [0.4, 0.5) is 51.2 Å². The molecule has 0 heterocycles. The number of rotatable bonds is 11. The molecule has 0 unspecified atom stereocenters. The maximum atomic E-state index is 12.3. The van der Waals surface area contributed by atoms with E-state index in [1.165, 1.54) is 0 Å². The molecule has 5 rings (SSSR count). The molecule has 0 aliphatic rings. The number of hydrogen-bond donors (Lipinski definition) is 6. The Balaban J connectivity index is 0.00000435. The molecule has 0 amide bonds. The van der Waals surface area contributed by atoms with Gasteiger partial charge >= 0.3 is 5.69 Å². The van der Waals surface area contributed by atoms with E-state index in [1.807, 2.05) is 0 Å². The molecule has 0 saturated carbocycles. The monoisotopic (exact) mass is 845 g/mol. The summed E-state index contributed by atoms with van der Waals surface area (Å²) in [4.78, 5) is 28.5. The zero-order valence-corrected chi connectivity index (χ0v) is 34.1. The first-order valence-corrected chi connectivity index (χ1v) is 17.0. The van der Waals surface area contributed by atoms with Crippen molar-refractivity contribution in [3.05, 3.63) is 97.1 Å². The van der Waals surface area contributed by atoms with Crippen molar-refractivity contribution in [1.29, 1.82) is 0 Å². The smallest absolute Gasteiger partial charge is 0.319 e. The van der Waals surface area contributed by atoms with Gasteiger partial charge in [0, 0.05) is 89.4 Å². The number of fused-ring (bicyclic) bond motifs is 1. The van der Waals surface area contributed by atoms with E-state index in [1.54, 1.807) is 0 Å². The molecular formula is C28H17N9Na2O16S2. The van der Waals surface area contributed by atoms with Gasteiger partial charge in [0.25, 0.3) is 31.6 Å². The standard InChI is InChI=1S/C28H17N9O16S2.2Na/c38-22-11-23(39)18(31-33-20-7-15(36(44)45)8-21(27(20)40)37(46)47)10-17(22)30-32-19-9-16(54(48,49)50)5-12-6-24(55(51,52)53)26(28(41)25(12)19)34-29-13-1-3-14(4-2-13)35(42)43;;/h1-11,38-41H,(H,48,49,50)(H,51,52,53);;. The minimum absolute atomic E-state index is 0. The van der Waals surface area contributed by atoms with Crippen LogP contribution in [-0.4, -0.2) is 120 Å². The number of aromatic hydroxyl groups is 4. The SMILES string of the molecule is O=[N+]([O-])c1ccc(N=Nc2c(S(=O)(=O)O)cc3cc(S(=O)(=O)O)cc(N=Nc4cc(N=Nc5cc([N+](=O)[O-])cc([N+](=O)[O-])c5O)c(O)cc4O)c3c2O)cc1.[Na].[Na]. The Hall–Kier alpha value is -5.62. The number of benzene rings is 5. The summed E-state index contributed by atoms with van der Waals surface area (Å²) in [6.07, 6.45) is 0. The summed E-state index contributed by atoms with van der Waals surface area (Å²) in [6, 6.07) is 8.72. The Labute approximate surface area is 360 Å². The molecule has 6 N–H and O–H groups in total. The van der Waals surface area contributed by atoms with Crippen LogP contribution < -0.4 is 0 Å². The molecule has 57 heavy (non-hydrogen) atoms. The molecule has 284 valence electrons. The molecule has 0 fully saturated rings. The van der Waals surface area contributed by atoms with Crippen molar-refractivity contribution in [2.45, 2.75) is 9.79 Å². The van der Waals surface area contributed by atoms with Crippen LogP contribution in [0.5, 0.6) is 23.0 Å². The molecule has 5 aromatic rings. The van der Waals surface area contributed by atoms with Gasteiger partial charge in [-0.15, -0.1) is 25.6 Å². The van der Waals surface area contributed by atoms with E-state index >= 15 is 0 Å². The summed E-state index contributed by atoms with van der Waals surface area (Å²) in [5.74, 6) is -3.90. The number of nitro groups is 3. The minimum Gasteiger partial charge on any atom is -0.505 e. The molecule has 29 heteroatoms. The number of non-ortho nitro benzene ring substituents is 2. The topological polar surface area (TPSA) is 393 Å². The number of nitro benzene ring substituents is 3. The van der Waals surface area contributed by atoms with E-state index < -0.39 is 118 Å². The molecule has 0 bridgehead atoms. The third-order valence-corrected chi connectivity index (χ3v) is 8.77. The number of nitrogens with zero attached hydrogens (tertiary/aromatic N) is 9. The molecule has 5 aromatic carbocycles. The van der Waals surface area contributed by atoms with Gasteiger partial charge < -0.3 is 20.4 Å². The Morgan fingerprint density at radius 1 is 0.526 bits per heavy atom. The summed E-state index contributed by atoms with van der Waals surface area (Å²) >= 11 is 0. The van der Waals surface area contributed by atoms with Gasteiger partial charge in [0.15, 0.2) is 5.75 Å². The van der Waals surface area contributed by atoms with E-state index in [0.29, 0.717) is 36.4 Å². The van der Waals surface area contributed by atoms with Gasteiger partial charge in [-0.2, -0.15) is 21.9 Å². The van der Waals surface area contributed by atoms with E-state index in [4.69, 9.17) is 0 Å². The third-order valence-electron chi connectivity index (χ3n) is 7.07. The van der Waals surface area contributed by atoms with Crippen LogP contribution >= 0.6 is 0 Å². The zero-order valence-electron chi connectivity index (χ0n) is 28.5. The van der Waals surface area contributed by atoms with Crippen LogP contribution in [0.25, 0.3) is 10.8 Å². The predicted molar refractivity (Wildman–Crippen MR) is 194 cm³/mol. The number of phenols is 4. The third kappa shape index (κ3) is 10.2. The van der Waals surface area contributed by atoms with Crippen molar-refractivity contribution >= 4 is 141 Å². The Bertz CT molecular complexity index is 2810. The predicted octanol–water partition coefficient (Wildman–Crippen LogP) is 6.36. The molecule has 0 saturated heterocycles. The van der Waals surface area contributed by atoms with Crippen molar-refractivity contribution < 1.29 is 61.1 Å². The molecule has 0 aromatic heterocycles. The van der Waals surface area contributed by atoms with Gasteiger partial charge in [-0.1, -0.05) is 0 Å². The molecule has 0 aliphatic heterocycles. The van der Waals surface area contributed by atoms with Crippen molar-refractivity contribution in [2.24, 2.45) is 30.7 Å². The summed E-state index contributed by atoms with van der Waals surface area (Å²) in [6.45, 7) is 0. The van der Waals surface area contributed by atoms with Crippen LogP contribution in [0.3, 0.4) is 0 Å².